The molecule has 3 heteroatoms. The summed E-state index contributed by atoms with van der Waals surface area (Å²) >= 11 is 0. The Kier molecular flexibility index (Phi) is 5.47. The standard InChI is InChI=1S/C22H21NO2/c1-17-7-9-18(10-8-17)15-23-22(24)20-11-13-21(14-12-20)25-16-19-5-3-2-4-6-19/h2-14H,15-16H2,1H3,(H,23,24). The monoisotopic (exact) mass is 331 g/mol. The van der Waals surface area contributed by atoms with Gasteiger partial charge in [-0.1, -0.05) is 60.2 Å². The first-order valence-electron chi connectivity index (χ1n) is 8.31. The van der Waals surface area contributed by atoms with Crippen LogP contribution in [0.2, 0.25) is 0 Å². The van der Waals surface area contributed by atoms with Gasteiger partial charge in [0.15, 0.2) is 0 Å². The zero-order valence-corrected chi connectivity index (χ0v) is 14.2. The predicted octanol–water partition coefficient (Wildman–Crippen LogP) is 4.50. The zero-order chi connectivity index (χ0) is 17.5. The summed E-state index contributed by atoms with van der Waals surface area (Å²) in [6, 6.07) is 25.3. The molecule has 25 heavy (non-hydrogen) atoms. The van der Waals surface area contributed by atoms with Crippen LogP contribution in [0.4, 0.5) is 0 Å². The molecule has 1 amide bonds. The minimum atomic E-state index is -0.0878. The average Bonchev–Trinajstić information content (AvgIpc) is 2.67. The molecule has 0 aliphatic carbocycles. The zero-order valence-electron chi connectivity index (χ0n) is 14.2. The van der Waals surface area contributed by atoms with Crippen LogP contribution < -0.4 is 10.1 Å². The summed E-state index contributed by atoms with van der Waals surface area (Å²) in [5.74, 6) is 0.661. The Balaban J connectivity index is 1.52. The van der Waals surface area contributed by atoms with Crippen LogP contribution in [0, 0.1) is 6.92 Å². The lowest BCUT2D eigenvalue weighted by atomic mass is 10.1. The first-order chi connectivity index (χ1) is 12.2. The fourth-order valence-electron chi connectivity index (χ4n) is 2.43. The molecule has 3 aromatic carbocycles. The van der Waals surface area contributed by atoms with Gasteiger partial charge in [-0.15, -0.1) is 0 Å². The number of hydrogen-bond acceptors (Lipinski definition) is 2. The highest BCUT2D eigenvalue weighted by molar-refractivity contribution is 5.94. The smallest absolute Gasteiger partial charge is 0.251 e. The third-order valence-electron chi connectivity index (χ3n) is 3.94. The fourth-order valence-corrected chi connectivity index (χ4v) is 2.43. The van der Waals surface area contributed by atoms with Crippen LogP contribution in [0.25, 0.3) is 0 Å². The van der Waals surface area contributed by atoms with Crippen LogP contribution in [-0.2, 0) is 13.2 Å². The minimum Gasteiger partial charge on any atom is -0.489 e. The van der Waals surface area contributed by atoms with Gasteiger partial charge in [0.1, 0.15) is 12.4 Å². The Bertz CT molecular complexity index is 809. The second kappa shape index (κ2) is 8.15. The number of nitrogens with one attached hydrogen (secondary N) is 1. The number of ether oxygens (including phenoxy) is 1. The van der Waals surface area contributed by atoms with Crippen LogP contribution in [0.1, 0.15) is 27.0 Å². The highest BCUT2D eigenvalue weighted by atomic mass is 16.5. The van der Waals surface area contributed by atoms with E-state index >= 15 is 0 Å². The van der Waals surface area contributed by atoms with Crippen LogP contribution in [-0.4, -0.2) is 5.91 Å². The van der Waals surface area contributed by atoms with Gasteiger partial charge in [-0.2, -0.15) is 0 Å². The number of amides is 1. The third kappa shape index (κ3) is 4.95. The van der Waals surface area contributed by atoms with Crippen molar-refractivity contribution in [2.45, 2.75) is 20.1 Å². The van der Waals surface area contributed by atoms with Gasteiger partial charge < -0.3 is 10.1 Å². The maximum Gasteiger partial charge on any atom is 0.251 e. The Hall–Kier alpha value is -3.07. The third-order valence-corrected chi connectivity index (χ3v) is 3.94. The van der Waals surface area contributed by atoms with Crippen LogP contribution >= 0.6 is 0 Å². The summed E-state index contributed by atoms with van der Waals surface area (Å²) in [4.78, 5) is 12.2. The van der Waals surface area contributed by atoms with Crippen molar-refractivity contribution in [2.75, 3.05) is 0 Å². The number of rotatable bonds is 6. The molecule has 0 aliphatic heterocycles. The van der Waals surface area contributed by atoms with Gasteiger partial charge in [0.2, 0.25) is 0 Å². The number of carbonyl (C=O) groups is 1. The Morgan fingerprint density at radius 3 is 2.20 bits per heavy atom. The molecule has 0 fully saturated rings. The van der Waals surface area contributed by atoms with Gasteiger partial charge >= 0.3 is 0 Å². The summed E-state index contributed by atoms with van der Waals surface area (Å²) in [5, 5.41) is 2.93. The number of benzene rings is 3. The van der Waals surface area contributed by atoms with Crippen molar-refractivity contribution < 1.29 is 9.53 Å². The molecule has 3 aromatic rings. The summed E-state index contributed by atoms with van der Waals surface area (Å²) in [5.41, 5.74) is 4.03. The molecular weight excluding hydrogens is 310 g/mol. The van der Waals surface area contributed by atoms with Crippen molar-refractivity contribution in [1.82, 2.24) is 5.32 Å². The summed E-state index contributed by atoms with van der Waals surface area (Å²) < 4.78 is 5.74. The second-order valence-electron chi connectivity index (χ2n) is 5.97. The predicted molar refractivity (Wildman–Crippen MR) is 99.6 cm³/mol. The Morgan fingerprint density at radius 2 is 1.52 bits per heavy atom. The number of carbonyl (C=O) groups excluding carboxylic acids is 1. The molecule has 0 heterocycles. The van der Waals surface area contributed by atoms with E-state index in [0.717, 1.165) is 16.9 Å². The average molecular weight is 331 g/mol. The van der Waals surface area contributed by atoms with Gasteiger partial charge in [-0.25, -0.2) is 0 Å². The molecule has 3 nitrogen and oxygen atoms in total. The molecule has 0 aromatic heterocycles. The molecule has 0 aliphatic rings. The molecule has 0 saturated heterocycles. The topological polar surface area (TPSA) is 38.3 Å². The lowest BCUT2D eigenvalue weighted by molar-refractivity contribution is 0.0951. The fraction of sp³-hybridized carbons (Fsp3) is 0.136. The maximum absolute atomic E-state index is 12.2. The van der Waals surface area contributed by atoms with Gasteiger partial charge in [-0.05, 0) is 42.3 Å². The van der Waals surface area contributed by atoms with E-state index in [2.05, 4.69) is 5.32 Å². The Labute approximate surface area is 148 Å². The molecule has 0 bridgehead atoms. The van der Waals surface area contributed by atoms with E-state index < -0.39 is 0 Å². The molecular formula is C22H21NO2. The van der Waals surface area contributed by atoms with Gasteiger partial charge in [0.25, 0.3) is 5.91 Å². The van der Waals surface area contributed by atoms with Crippen LogP contribution in [0.3, 0.4) is 0 Å². The molecule has 0 unspecified atom stereocenters. The van der Waals surface area contributed by atoms with Crippen molar-refractivity contribution in [2.24, 2.45) is 0 Å². The van der Waals surface area contributed by atoms with Crippen molar-refractivity contribution in [3.05, 3.63) is 101 Å². The number of aryl methyl sites for hydroxylation is 1. The summed E-state index contributed by atoms with van der Waals surface area (Å²) in [6.45, 7) is 3.08. The molecule has 126 valence electrons. The first kappa shape index (κ1) is 16.8. The van der Waals surface area contributed by atoms with E-state index in [1.54, 1.807) is 12.1 Å². The molecule has 1 N–H and O–H groups in total. The largest absolute Gasteiger partial charge is 0.489 e. The van der Waals surface area contributed by atoms with E-state index in [1.807, 2.05) is 73.7 Å². The van der Waals surface area contributed by atoms with Crippen molar-refractivity contribution in [3.8, 4) is 5.75 Å². The van der Waals surface area contributed by atoms with Gasteiger partial charge in [-0.3, -0.25) is 4.79 Å². The SMILES string of the molecule is Cc1ccc(CNC(=O)c2ccc(OCc3ccccc3)cc2)cc1. The van der Waals surface area contributed by atoms with Crippen molar-refractivity contribution >= 4 is 5.91 Å². The Morgan fingerprint density at radius 1 is 0.840 bits per heavy atom. The van der Waals surface area contributed by atoms with Crippen LogP contribution in [0.5, 0.6) is 5.75 Å². The van der Waals surface area contributed by atoms with E-state index in [1.165, 1.54) is 5.56 Å². The van der Waals surface area contributed by atoms with Crippen molar-refractivity contribution in [1.29, 1.82) is 0 Å². The molecule has 0 radical (unpaired) electrons. The van der Waals surface area contributed by atoms with Crippen LogP contribution in [0.15, 0.2) is 78.9 Å². The highest BCUT2D eigenvalue weighted by Crippen LogP contribution is 2.14. The lowest BCUT2D eigenvalue weighted by Crippen LogP contribution is -2.22. The minimum absolute atomic E-state index is 0.0878. The normalized spacial score (nSPS) is 10.3. The second-order valence-corrected chi connectivity index (χ2v) is 5.97. The summed E-state index contributed by atoms with van der Waals surface area (Å²) in [6.07, 6.45) is 0. The van der Waals surface area contributed by atoms with E-state index in [-0.39, 0.29) is 5.91 Å². The highest BCUT2D eigenvalue weighted by Gasteiger charge is 2.05. The first-order valence-corrected chi connectivity index (χ1v) is 8.31. The van der Waals surface area contributed by atoms with E-state index in [4.69, 9.17) is 4.74 Å². The van der Waals surface area contributed by atoms with Gasteiger partial charge in [0.05, 0.1) is 0 Å². The van der Waals surface area contributed by atoms with Crippen molar-refractivity contribution in [3.63, 3.8) is 0 Å². The molecule has 0 spiro atoms. The molecule has 0 atom stereocenters. The lowest BCUT2D eigenvalue weighted by Gasteiger charge is -2.08. The number of hydrogen-bond donors (Lipinski definition) is 1. The quantitative estimate of drug-likeness (QED) is 0.722. The summed E-state index contributed by atoms with van der Waals surface area (Å²) in [7, 11) is 0. The maximum atomic E-state index is 12.2. The van der Waals surface area contributed by atoms with E-state index in [9.17, 15) is 4.79 Å². The van der Waals surface area contributed by atoms with E-state index in [0.29, 0.717) is 18.7 Å². The van der Waals surface area contributed by atoms with Gasteiger partial charge in [0, 0.05) is 12.1 Å². The molecule has 0 saturated carbocycles. The molecule has 3 rings (SSSR count).